The van der Waals surface area contributed by atoms with Gasteiger partial charge in [0.2, 0.25) is 0 Å². The third-order valence-corrected chi connectivity index (χ3v) is 5.70. The second kappa shape index (κ2) is 9.63. The number of carbonyl (C=O) groups is 1. The third-order valence-electron chi connectivity index (χ3n) is 5.70. The lowest BCUT2D eigenvalue weighted by Crippen LogP contribution is -2.63. The molecule has 0 bridgehead atoms. The van der Waals surface area contributed by atoms with Crippen molar-refractivity contribution in [2.75, 3.05) is 13.1 Å². The highest BCUT2D eigenvalue weighted by molar-refractivity contribution is 5.68. The maximum atomic E-state index is 12.5. The smallest absolute Gasteiger partial charge is 0.410 e. The summed E-state index contributed by atoms with van der Waals surface area (Å²) in [5, 5.41) is 14.8. The SMILES string of the molecule is CC(C)(C)OC(=O)N1CCC(CCc2ccccc2)(NCc2ccccc2)C(O)C1. The number of hydrogen-bond acceptors (Lipinski definition) is 4. The van der Waals surface area contributed by atoms with Crippen LogP contribution in [-0.4, -0.2) is 46.4 Å². The summed E-state index contributed by atoms with van der Waals surface area (Å²) in [5.74, 6) is 0. The minimum atomic E-state index is -0.675. The van der Waals surface area contributed by atoms with Crippen LogP contribution in [0.1, 0.15) is 44.7 Å². The average Bonchev–Trinajstić information content (AvgIpc) is 2.72. The highest BCUT2D eigenvalue weighted by Crippen LogP contribution is 2.29. The van der Waals surface area contributed by atoms with Gasteiger partial charge in [0, 0.05) is 18.6 Å². The van der Waals surface area contributed by atoms with E-state index in [-0.39, 0.29) is 12.6 Å². The number of ether oxygens (including phenoxy) is 1. The molecule has 1 heterocycles. The molecular weight excluding hydrogens is 376 g/mol. The van der Waals surface area contributed by atoms with Crippen LogP contribution < -0.4 is 5.32 Å². The fourth-order valence-corrected chi connectivity index (χ4v) is 3.94. The van der Waals surface area contributed by atoms with Crippen LogP contribution in [0.15, 0.2) is 60.7 Å². The zero-order chi connectivity index (χ0) is 21.6. The number of nitrogens with zero attached hydrogens (tertiary/aromatic N) is 1. The summed E-state index contributed by atoms with van der Waals surface area (Å²) >= 11 is 0. The van der Waals surface area contributed by atoms with Crippen LogP contribution in [0.5, 0.6) is 0 Å². The maximum Gasteiger partial charge on any atom is 0.410 e. The van der Waals surface area contributed by atoms with Crippen molar-refractivity contribution >= 4 is 6.09 Å². The highest BCUT2D eigenvalue weighted by atomic mass is 16.6. The number of piperidine rings is 1. The van der Waals surface area contributed by atoms with Crippen LogP contribution in [0.25, 0.3) is 0 Å². The van der Waals surface area contributed by atoms with Crippen molar-refractivity contribution in [1.82, 2.24) is 10.2 Å². The maximum absolute atomic E-state index is 12.5. The fourth-order valence-electron chi connectivity index (χ4n) is 3.94. The number of likely N-dealkylation sites (tertiary alicyclic amines) is 1. The van der Waals surface area contributed by atoms with Gasteiger partial charge in [-0.1, -0.05) is 60.7 Å². The van der Waals surface area contributed by atoms with Gasteiger partial charge in [-0.15, -0.1) is 0 Å². The van der Waals surface area contributed by atoms with Crippen molar-refractivity contribution in [3.63, 3.8) is 0 Å². The molecule has 2 unspecified atom stereocenters. The van der Waals surface area contributed by atoms with Crippen molar-refractivity contribution in [2.24, 2.45) is 0 Å². The van der Waals surface area contributed by atoms with Gasteiger partial charge in [0.25, 0.3) is 0 Å². The first-order valence-electron chi connectivity index (χ1n) is 10.8. The van der Waals surface area contributed by atoms with Crippen molar-refractivity contribution in [3.05, 3.63) is 71.8 Å². The zero-order valence-electron chi connectivity index (χ0n) is 18.3. The molecule has 0 radical (unpaired) electrons. The van der Waals surface area contributed by atoms with E-state index in [1.54, 1.807) is 4.90 Å². The van der Waals surface area contributed by atoms with Gasteiger partial charge < -0.3 is 20.1 Å². The van der Waals surface area contributed by atoms with E-state index in [2.05, 4.69) is 29.6 Å². The molecule has 1 amide bonds. The van der Waals surface area contributed by atoms with E-state index in [4.69, 9.17) is 4.74 Å². The number of aliphatic hydroxyl groups is 1. The number of nitrogens with one attached hydrogen (secondary N) is 1. The van der Waals surface area contributed by atoms with E-state index in [0.717, 1.165) is 12.8 Å². The number of carbonyl (C=O) groups excluding carboxylic acids is 1. The van der Waals surface area contributed by atoms with Gasteiger partial charge in [0.1, 0.15) is 5.60 Å². The first-order chi connectivity index (χ1) is 14.3. The average molecular weight is 411 g/mol. The van der Waals surface area contributed by atoms with E-state index in [9.17, 15) is 9.90 Å². The molecule has 5 nitrogen and oxygen atoms in total. The molecule has 1 aliphatic heterocycles. The molecule has 2 aromatic rings. The Morgan fingerprint density at radius 2 is 1.70 bits per heavy atom. The van der Waals surface area contributed by atoms with Crippen molar-refractivity contribution < 1.29 is 14.6 Å². The lowest BCUT2D eigenvalue weighted by atomic mass is 9.79. The number of amides is 1. The Morgan fingerprint density at radius 3 is 2.27 bits per heavy atom. The molecule has 1 fully saturated rings. The molecule has 162 valence electrons. The minimum absolute atomic E-state index is 0.269. The van der Waals surface area contributed by atoms with Crippen molar-refractivity contribution in [1.29, 1.82) is 0 Å². The lowest BCUT2D eigenvalue weighted by molar-refractivity contribution is -0.0348. The Hall–Kier alpha value is -2.37. The van der Waals surface area contributed by atoms with Gasteiger partial charge in [-0.05, 0) is 51.2 Å². The first-order valence-corrected chi connectivity index (χ1v) is 10.8. The van der Waals surface area contributed by atoms with Crippen LogP contribution in [0.4, 0.5) is 4.79 Å². The molecule has 0 spiro atoms. The minimum Gasteiger partial charge on any atom is -0.444 e. The molecule has 30 heavy (non-hydrogen) atoms. The third kappa shape index (κ3) is 6.07. The quantitative estimate of drug-likeness (QED) is 0.751. The highest BCUT2D eigenvalue weighted by Gasteiger charge is 2.43. The topological polar surface area (TPSA) is 61.8 Å². The molecule has 1 aliphatic rings. The fraction of sp³-hybridized carbons (Fsp3) is 0.480. The van der Waals surface area contributed by atoms with Crippen LogP contribution in [0, 0.1) is 0 Å². The van der Waals surface area contributed by atoms with Gasteiger partial charge in [-0.2, -0.15) is 0 Å². The normalized spacial score (nSPS) is 22.0. The second-order valence-corrected chi connectivity index (χ2v) is 9.17. The monoisotopic (exact) mass is 410 g/mol. The van der Waals surface area contributed by atoms with E-state index in [1.807, 2.05) is 57.2 Å². The van der Waals surface area contributed by atoms with Crippen LogP contribution >= 0.6 is 0 Å². The van der Waals surface area contributed by atoms with Gasteiger partial charge >= 0.3 is 6.09 Å². The number of aliphatic hydroxyl groups excluding tert-OH is 1. The summed E-state index contributed by atoms with van der Waals surface area (Å²) < 4.78 is 5.51. The number of rotatable bonds is 6. The molecule has 0 aromatic heterocycles. The standard InChI is InChI=1S/C25H34N2O3/c1-24(2,3)30-23(29)27-17-16-25(22(28)19-27,15-14-20-10-6-4-7-11-20)26-18-21-12-8-5-9-13-21/h4-13,22,26,28H,14-19H2,1-3H3. The summed E-state index contributed by atoms with van der Waals surface area (Å²) in [4.78, 5) is 14.1. The summed E-state index contributed by atoms with van der Waals surface area (Å²) in [5.41, 5.74) is 1.43. The summed E-state index contributed by atoms with van der Waals surface area (Å²) in [6.45, 7) is 7.08. The molecular formula is C25H34N2O3. The van der Waals surface area contributed by atoms with E-state index >= 15 is 0 Å². The van der Waals surface area contributed by atoms with Gasteiger partial charge in [-0.3, -0.25) is 0 Å². The molecule has 2 N–H and O–H groups in total. The van der Waals surface area contributed by atoms with Gasteiger partial charge in [-0.25, -0.2) is 4.79 Å². The molecule has 0 saturated carbocycles. The van der Waals surface area contributed by atoms with Gasteiger partial charge in [0.05, 0.1) is 12.6 Å². The van der Waals surface area contributed by atoms with Crippen LogP contribution in [-0.2, 0) is 17.7 Å². The van der Waals surface area contributed by atoms with E-state index in [0.29, 0.717) is 19.5 Å². The first kappa shape index (κ1) is 22.3. The predicted octanol–water partition coefficient (Wildman–Crippen LogP) is 4.15. The van der Waals surface area contributed by atoms with E-state index in [1.165, 1.54) is 11.1 Å². The Bertz CT molecular complexity index is 759. The molecule has 0 aliphatic carbocycles. The Balaban J connectivity index is 1.71. The molecule has 2 atom stereocenters. The molecule has 2 aromatic carbocycles. The number of β-amino-alcohol motifs (C(OH)–C–C–N with tert-alkyl or cyclic N) is 1. The summed E-state index contributed by atoms with van der Waals surface area (Å²) in [7, 11) is 0. The summed E-state index contributed by atoms with van der Waals surface area (Å²) in [6.07, 6.45) is 1.30. The van der Waals surface area contributed by atoms with Crippen molar-refractivity contribution in [3.8, 4) is 0 Å². The van der Waals surface area contributed by atoms with Gasteiger partial charge in [0.15, 0.2) is 0 Å². The van der Waals surface area contributed by atoms with Crippen LogP contribution in [0.3, 0.4) is 0 Å². The molecule has 3 rings (SSSR count). The molecule has 1 saturated heterocycles. The molecule has 5 heteroatoms. The van der Waals surface area contributed by atoms with E-state index < -0.39 is 17.2 Å². The van der Waals surface area contributed by atoms with Crippen molar-refractivity contribution in [2.45, 2.75) is 63.8 Å². The Labute approximate surface area is 180 Å². The zero-order valence-corrected chi connectivity index (χ0v) is 18.3. The Kier molecular flexibility index (Phi) is 7.16. The number of benzene rings is 2. The number of aryl methyl sites for hydroxylation is 1. The lowest BCUT2D eigenvalue weighted by Gasteiger charge is -2.46. The summed E-state index contributed by atoms with van der Waals surface area (Å²) in [6, 6.07) is 20.6. The Morgan fingerprint density at radius 1 is 1.10 bits per heavy atom. The predicted molar refractivity (Wildman–Crippen MR) is 119 cm³/mol. The largest absolute Gasteiger partial charge is 0.444 e. The van der Waals surface area contributed by atoms with Crippen LogP contribution in [0.2, 0.25) is 0 Å². The number of hydrogen-bond donors (Lipinski definition) is 2. The second-order valence-electron chi connectivity index (χ2n) is 9.17.